The largest absolute Gasteiger partial charge is 0.206 e. The predicted molar refractivity (Wildman–Crippen MR) is 111 cm³/mol. The van der Waals surface area contributed by atoms with Gasteiger partial charge in [0.2, 0.25) is 0 Å². The van der Waals surface area contributed by atoms with Gasteiger partial charge in [-0.25, -0.2) is 17.6 Å². The summed E-state index contributed by atoms with van der Waals surface area (Å²) in [5.41, 5.74) is 0.377. The second-order valence-corrected chi connectivity index (χ2v) is 9.40. The molecule has 2 aromatic carbocycles. The van der Waals surface area contributed by atoms with Crippen LogP contribution in [0.5, 0.6) is 0 Å². The van der Waals surface area contributed by atoms with Crippen LogP contribution in [0.3, 0.4) is 0 Å². The molecule has 0 spiro atoms. The third kappa shape index (κ3) is 4.50. The maximum absolute atomic E-state index is 14.7. The lowest BCUT2D eigenvalue weighted by atomic mass is 9.70. The van der Waals surface area contributed by atoms with Gasteiger partial charge in [-0.1, -0.05) is 6.07 Å². The zero-order valence-electron chi connectivity index (χ0n) is 16.3. The Kier molecular flexibility index (Phi) is 6.24. The first-order valence-electron chi connectivity index (χ1n) is 10.5. The van der Waals surface area contributed by atoms with Crippen molar-refractivity contribution in [2.75, 3.05) is 0 Å². The summed E-state index contributed by atoms with van der Waals surface area (Å²) in [5.74, 6) is -1.97. The van der Waals surface area contributed by atoms with Gasteiger partial charge in [-0.3, -0.25) is 0 Å². The van der Waals surface area contributed by atoms with Crippen LogP contribution in [0.4, 0.5) is 17.6 Å². The Morgan fingerprint density at radius 3 is 1.72 bits per heavy atom. The van der Waals surface area contributed by atoms with Crippen LogP contribution in [-0.2, 0) is 0 Å². The molecular weight excluding hydrogens is 396 g/mol. The third-order valence-corrected chi connectivity index (χ3v) is 7.44. The Morgan fingerprint density at radius 2 is 1.17 bits per heavy atom. The molecule has 2 aliphatic rings. The first kappa shape index (κ1) is 20.8. The first-order chi connectivity index (χ1) is 13.9. The van der Waals surface area contributed by atoms with Crippen molar-refractivity contribution < 1.29 is 17.6 Å². The fourth-order valence-corrected chi connectivity index (χ4v) is 5.55. The van der Waals surface area contributed by atoms with Crippen LogP contribution in [0, 0.1) is 35.1 Å². The maximum Gasteiger partial charge on any atom is 0.159 e. The first-order valence-corrected chi connectivity index (χ1v) is 11.1. The molecule has 0 atom stereocenters. The van der Waals surface area contributed by atoms with Gasteiger partial charge in [-0.05, 0) is 105 Å². The zero-order chi connectivity index (χ0) is 20.5. The smallest absolute Gasteiger partial charge is 0.159 e. The van der Waals surface area contributed by atoms with Gasteiger partial charge in [0.25, 0.3) is 0 Å². The standard InChI is InChI=1S/C24H26F4S/c25-20-10-7-17(11-21(20)26)24-22(27)12-18(13-23(24)28)16-3-1-14(2-4-16)15-5-8-19(29)9-6-15/h7,10-16,19,29H,1-6,8-9H2. The number of hydrogen-bond acceptors (Lipinski definition) is 1. The summed E-state index contributed by atoms with van der Waals surface area (Å²) >= 11 is 4.58. The molecule has 0 N–H and O–H groups in total. The molecular formula is C24H26F4S. The summed E-state index contributed by atoms with van der Waals surface area (Å²) in [6, 6.07) is 5.67. The van der Waals surface area contributed by atoms with E-state index in [0.29, 0.717) is 16.7 Å². The van der Waals surface area contributed by atoms with Crippen molar-refractivity contribution in [2.45, 2.75) is 62.5 Å². The van der Waals surface area contributed by atoms with Crippen molar-refractivity contribution in [3.05, 3.63) is 59.2 Å². The van der Waals surface area contributed by atoms with Gasteiger partial charge in [0.05, 0.1) is 5.56 Å². The summed E-state index contributed by atoms with van der Waals surface area (Å²) in [4.78, 5) is 0. The Balaban J connectivity index is 1.47. The minimum absolute atomic E-state index is 0.00829. The normalized spacial score (nSPS) is 27.8. The molecule has 2 aromatic rings. The quantitative estimate of drug-likeness (QED) is 0.381. The van der Waals surface area contributed by atoms with Crippen molar-refractivity contribution in [2.24, 2.45) is 11.8 Å². The number of rotatable bonds is 3. The van der Waals surface area contributed by atoms with Gasteiger partial charge in [0.1, 0.15) is 11.6 Å². The summed E-state index contributed by atoms with van der Waals surface area (Å²) in [6.45, 7) is 0. The van der Waals surface area contributed by atoms with E-state index in [-0.39, 0.29) is 17.0 Å². The molecule has 156 valence electrons. The van der Waals surface area contributed by atoms with E-state index in [2.05, 4.69) is 12.6 Å². The molecule has 0 nitrogen and oxygen atoms in total. The molecule has 2 saturated carbocycles. The van der Waals surface area contributed by atoms with E-state index in [0.717, 1.165) is 43.7 Å². The van der Waals surface area contributed by atoms with Crippen molar-refractivity contribution in [1.82, 2.24) is 0 Å². The highest BCUT2D eigenvalue weighted by atomic mass is 32.1. The summed E-state index contributed by atoms with van der Waals surface area (Å²) in [7, 11) is 0. The average molecular weight is 423 g/mol. The molecule has 0 amide bonds. The molecule has 0 saturated heterocycles. The molecule has 2 aliphatic carbocycles. The average Bonchev–Trinajstić information content (AvgIpc) is 2.71. The molecule has 0 radical (unpaired) electrons. The minimum atomic E-state index is -1.12. The van der Waals surface area contributed by atoms with E-state index in [1.807, 2.05) is 0 Å². The molecule has 29 heavy (non-hydrogen) atoms. The fourth-order valence-electron chi connectivity index (χ4n) is 5.25. The Bertz CT molecular complexity index is 842. The topological polar surface area (TPSA) is 0 Å². The number of halogens is 4. The summed E-state index contributed by atoms with van der Waals surface area (Å²) < 4.78 is 56.1. The van der Waals surface area contributed by atoms with Gasteiger partial charge >= 0.3 is 0 Å². The van der Waals surface area contributed by atoms with Crippen LogP contribution in [0.2, 0.25) is 0 Å². The van der Waals surface area contributed by atoms with Gasteiger partial charge in [-0.2, -0.15) is 12.6 Å². The van der Waals surface area contributed by atoms with Crippen LogP contribution in [0.1, 0.15) is 62.8 Å². The van der Waals surface area contributed by atoms with Gasteiger partial charge in [-0.15, -0.1) is 0 Å². The van der Waals surface area contributed by atoms with E-state index in [1.54, 1.807) is 0 Å². The van der Waals surface area contributed by atoms with Crippen molar-refractivity contribution in [3.63, 3.8) is 0 Å². The van der Waals surface area contributed by atoms with E-state index in [9.17, 15) is 17.6 Å². The zero-order valence-corrected chi connectivity index (χ0v) is 17.2. The van der Waals surface area contributed by atoms with E-state index in [4.69, 9.17) is 0 Å². The Labute approximate surface area is 175 Å². The molecule has 0 aromatic heterocycles. The van der Waals surface area contributed by atoms with Crippen LogP contribution >= 0.6 is 12.6 Å². The van der Waals surface area contributed by atoms with Crippen LogP contribution in [0.25, 0.3) is 11.1 Å². The molecule has 4 rings (SSSR count). The SMILES string of the molecule is Fc1ccc(-c2c(F)cc(C3CCC(C4CCC(S)CC4)CC3)cc2F)cc1F. The summed E-state index contributed by atoms with van der Waals surface area (Å²) in [5, 5.41) is 0.543. The third-order valence-electron chi connectivity index (χ3n) is 6.92. The lowest BCUT2D eigenvalue weighted by molar-refractivity contribution is 0.188. The van der Waals surface area contributed by atoms with E-state index in [1.165, 1.54) is 43.9 Å². The monoisotopic (exact) mass is 422 g/mol. The molecule has 5 heteroatoms. The minimum Gasteiger partial charge on any atom is -0.206 e. The van der Waals surface area contributed by atoms with Crippen LogP contribution in [0.15, 0.2) is 30.3 Å². The van der Waals surface area contributed by atoms with Crippen molar-refractivity contribution in [3.8, 4) is 11.1 Å². The number of hydrogen-bond donors (Lipinski definition) is 1. The van der Waals surface area contributed by atoms with Crippen molar-refractivity contribution >= 4 is 12.6 Å². The Hall–Kier alpha value is -1.49. The van der Waals surface area contributed by atoms with Crippen molar-refractivity contribution in [1.29, 1.82) is 0 Å². The Morgan fingerprint density at radius 1 is 0.621 bits per heavy atom. The highest BCUT2D eigenvalue weighted by molar-refractivity contribution is 7.80. The second-order valence-electron chi connectivity index (χ2n) is 8.67. The number of benzene rings is 2. The molecule has 0 bridgehead atoms. The van der Waals surface area contributed by atoms with Gasteiger partial charge < -0.3 is 0 Å². The van der Waals surface area contributed by atoms with Gasteiger partial charge in [0.15, 0.2) is 11.6 Å². The lowest BCUT2D eigenvalue weighted by Gasteiger charge is -2.37. The van der Waals surface area contributed by atoms with E-state index >= 15 is 0 Å². The molecule has 0 heterocycles. The lowest BCUT2D eigenvalue weighted by Crippen LogP contribution is -2.25. The molecule has 0 aliphatic heterocycles. The predicted octanol–water partition coefficient (Wildman–Crippen LogP) is 7.67. The fraction of sp³-hybridized carbons (Fsp3) is 0.500. The molecule has 2 fully saturated rings. The maximum atomic E-state index is 14.7. The highest BCUT2D eigenvalue weighted by Gasteiger charge is 2.31. The van der Waals surface area contributed by atoms with E-state index < -0.39 is 23.3 Å². The molecule has 0 unspecified atom stereocenters. The highest BCUT2D eigenvalue weighted by Crippen LogP contribution is 2.44. The van der Waals surface area contributed by atoms with Crippen LogP contribution in [-0.4, -0.2) is 5.25 Å². The number of thiol groups is 1. The van der Waals surface area contributed by atoms with Crippen LogP contribution < -0.4 is 0 Å². The summed E-state index contributed by atoms with van der Waals surface area (Å²) in [6.07, 6.45) is 8.95. The van der Waals surface area contributed by atoms with Gasteiger partial charge in [0, 0.05) is 5.25 Å². The second kappa shape index (κ2) is 8.71.